The molecule has 1 saturated carbocycles. The summed E-state index contributed by atoms with van der Waals surface area (Å²) in [5.41, 5.74) is 0. The Labute approximate surface area is 75.3 Å². The Morgan fingerprint density at radius 1 is 1.17 bits per heavy atom. The third kappa shape index (κ3) is 2.20. The van der Waals surface area contributed by atoms with Gasteiger partial charge in [-0.1, -0.05) is 0 Å². The molecule has 0 bridgehead atoms. The van der Waals surface area contributed by atoms with E-state index in [1.54, 1.807) is 0 Å². The zero-order valence-electron chi connectivity index (χ0n) is 8.05. The van der Waals surface area contributed by atoms with Gasteiger partial charge in [-0.3, -0.25) is 0 Å². The summed E-state index contributed by atoms with van der Waals surface area (Å²) in [6.07, 6.45) is 5.66. The van der Waals surface area contributed by atoms with E-state index in [2.05, 4.69) is 17.3 Å². The number of nitrogens with one attached hydrogen (secondary N) is 1. The monoisotopic (exact) mass is 168 g/mol. The highest BCUT2D eigenvalue weighted by atomic mass is 15.2. The lowest BCUT2D eigenvalue weighted by Gasteiger charge is -2.27. The molecule has 1 aliphatic carbocycles. The molecule has 2 fully saturated rings. The molecule has 2 heteroatoms. The molecular weight excluding hydrogens is 148 g/mol. The maximum Gasteiger partial charge on any atom is 0.00934 e. The molecule has 1 N–H and O–H groups in total. The molecular formula is C10H20N2. The summed E-state index contributed by atoms with van der Waals surface area (Å²) >= 11 is 0. The zero-order valence-corrected chi connectivity index (χ0v) is 8.05. The highest BCUT2D eigenvalue weighted by Crippen LogP contribution is 2.27. The number of hydrogen-bond acceptors (Lipinski definition) is 2. The van der Waals surface area contributed by atoms with Crippen molar-refractivity contribution in [3.8, 4) is 0 Å². The molecule has 1 heterocycles. The van der Waals surface area contributed by atoms with Crippen molar-refractivity contribution in [2.45, 2.75) is 31.7 Å². The number of rotatable bonds is 3. The van der Waals surface area contributed by atoms with Gasteiger partial charge < -0.3 is 10.2 Å². The SMILES string of the molecule is CN(CC1CCNCC1)C1CC1. The molecule has 1 saturated heterocycles. The molecule has 2 aliphatic rings. The Morgan fingerprint density at radius 2 is 1.83 bits per heavy atom. The van der Waals surface area contributed by atoms with Crippen LogP contribution in [0.25, 0.3) is 0 Å². The van der Waals surface area contributed by atoms with Crippen molar-refractivity contribution in [3.05, 3.63) is 0 Å². The van der Waals surface area contributed by atoms with Crippen LogP contribution in [-0.4, -0.2) is 37.6 Å². The van der Waals surface area contributed by atoms with Crippen LogP contribution in [0.5, 0.6) is 0 Å². The fraction of sp³-hybridized carbons (Fsp3) is 1.00. The molecule has 0 atom stereocenters. The molecule has 0 aromatic carbocycles. The van der Waals surface area contributed by atoms with Gasteiger partial charge in [-0.15, -0.1) is 0 Å². The van der Waals surface area contributed by atoms with Crippen LogP contribution in [0.3, 0.4) is 0 Å². The highest BCUT2D eigenvalue weighted by molar-refractivity contribution is 4.84. The van der Waals surface area contributed by atoms with Crippen molar-refractivity contribution >= 4 is 0 Å². The van der Waals surface area contributed by atoms with Gasteiger partial charge in [-0.05, 0) is 51.7 Å². The summed E-state index contributed by atoms with van der Waals surface area (Å²) in [7, 11) is 2.29. The van der Waals surface area contributed by atoms with E-state index in [4.69, 9.17) is 0 Å². The summed E-state index contributed by atoms with van der Waals surface area (Å²) in [4.78, 5) is 2.57. The van der Waals surface area contributed by atoms with Gasteiger partial charge in [0.15, 0.2) is 0 Å². The van der Waals surface area contributed by atoms with E-state index in [1.807, 2.05) is 0 Å². The largest absolute Gasteiger partial charge is 0.317 e. The van der Waals surface area contributed by atoms with Crippen LogP contribution in [0.2, 0.25) is 0 Å². The first-order chi connectivity index (χ1) is 5.86. The summed E-state index contributed by atoms with van der Waals surface area (Å²) in [5, 5.41) is 3.41. The van der Waals surface area contributed by atoms with Gasteiger partial charge in [0.25, 0.3) is 0 Å². The molecule has 0 unspecified atom stereocenters. The second-order valence-electron chi connectivity index (χ2n) is 4.36. The summed E-state index contributed by atoms with van der Waals surface area (Å²) in [5.74, 6) is 0.969. The predicted octanol–water partition coefficient (Wildman–Crippen LogP) is 1.08. The van der Waals surface area contributed by atoms with E-state index >= 15 is 0 Å². The van der Waals surface area contributed by atoms with Crippen LogP contribution in [0.15, 0.2) is 0 Å². The van der Waals surface area contributed by atoms with Crippen molar-refractivity contribution in [2.75, 3.05) is 26.7 Å². The summed E-state index contributed by atoms with van der Waals surface area (Å²) < 4.78 is 0. The maximum atomic E-state index is 3.41. The van der Waals surface area contributed by atoms with Crippen LogP contribution < -0.4 is 5.32 Å². The lowest BCUT2D eigenvalue weighted by Crippen LogP contribution is -2.35. The van der Waals surface area contributed by atoms with E-state index in [9.17, 15) is 0 Å². The Kier molecular flexibility index (Phi) is 2.66. The second-order valence-corrected chi connectivity index (χ2v) is 4.36. The zero-order chi connectivity index (χ0) is 8.39. The second kappa shape index (κ2) is 3.75. The van der Waals surface area contributed by atoms with Gasteiger partial charge >= 0.3 is 0 Å². The number of nitrogens with zero attached hydrogens (tertiary/aromatic N) is 1. The standard InChI is InChI=1S/C10H20N2/c1-12(10-2-3-10)8-9-4-6-11-7-5-9/h9-11H,2-8H2,1H3. The molecule has 1 aliphatic heterocycles. The molecule has 0 spiro atoms. The summed E-state index contributed by atoms with van der Waals surface area (Å²) in [6, 6.07) is 0.944. The van der Waals surface area contributed by atoms with Gasteiger partial charge in [0, 0.05) is 12.6 Å². The lowest BCUT2D eigenvalue weighted by atomic mass is 9.98. The minimum Gasteiger partial charge on any atom is -0.317 e. The molecule has 0 amide bonds. The van der Waals surface area contributed by atoms with Crippen molar-refractivity contribution in [3.63, 3.8) is 0 Å². The van der Waals surface area contributed by atoms with Crippen molar-refractivity contribution in [1.82, 2.24) is 10.2 Å². The van der Waals surface area contributed by atoms with Crippen molar-refractivity contribution < 1.29 is 0 Å². The van der Waals surface area contributed by atoms with Gasteiger partial charge in [0.2, 0.25) is 0 Å². The average Bonchev–Trinajstić information content (AvgIpc) is 2.88. The molecule has 70 valence electrons. The molecule has 2 rings (SSSR count). The average molecular weight is 168 g/mol. The molecule has 0 radical (unpaired) electrons. The summed E-state index contributed by atoms with van der Waals surface area (Å²) in [6.45, 7) is 3.82. The minimum absolute atomic E-state index is 0.944. The van der Waals surface area contributed by atoms with Gasteiger partial charge in [-0.25, -0.2) is 0 Å². The number of hydrogen-bond donors (Lipinski definition) is 1. The van der Waals surface area contributed by atoms with E-state index in [0.717, 1.165) is 12.0 Å². The smallest absolute Gasteiger partial charge is 0.00934 e. The first-order valence-electron chi connectivity index (χ1n) is 5.27. The van der Waals surface area contributed by atoms with Crippen LogP contribution in [-0.2, 0) is 0 Å². The fourth-order valence-electron chi connectivity index (χ4n) is 2.14. The third-order valence-corrected chi connectivity index (χ3v) is 3.18. The Morgan fingerprint density at radius 3 is 2.42 bits per heavy atom. The van der Waals surface area contributed by atoms with E-state index in [0.29, 0.717) is 0 Å². The molecule has 0 aromatic rings. The molecule has 0 aromatic heterocycles. The van der Waals surface area contributed by atoms with Crippen molar-refractivity contribution in [1.29, 1.82) is 0 Å². The highest BCUT2D eigenvalue weighted by Gasteiger charge is 2.27. The van der Waals surface area contributed by atoms with E-state index in [-0.39, 0.29) is 0 Å². The maximum absolute atomic E-state index is 3.41. The van der Waals surface area contributed by atoms with Crippen LogP contribution >= 0.6 is 0 Å². The lowest BCUT2D eigenvalue weighted by molar-refractivity contribution is 0.233. The van der Waals surface area contributed by atoms with Crippen molar-refractivity contribution in [2.24, 2.45) is 5.92 Å². The first kappa shape index (κ1) is 8.52. The first-order valence-corrected chi connectivity index (χ1v) is 5.27. The predicted molar refractivity (Wildman–Crippen MR) is 51.2 cm³/mol. The number of piperidine rings is 1. The Balaban J connectivity index is 1.69. The molecule has 12 heavy (non-hydrogen) atoms. The Hall–Kier alpha value is -0.0800. The van der Waals surface area contributed by atoms with E-state index in [1.165, 1.54) is 45.3 Å². The minimum atomic E-state index is 0.944. The topological polar surface area (TPSA) is 15.3 Å². The van der Waals surface area contributed by atoms with Crippen LogP contribution in [0.4, 0.5) is 0 Å². The van der Waals surface area contributed by atoms with Gasteiger partial charge in [-0.2, -0.15) is 0 Å². The quantitative estimate of drug-likeness (QED) is 0.678. The van der Waals surface area contributed by atoms with Gasteiger partial charge in [0.05, 0.1) is 0 Å². The fourth-order valence-corrected chi connectivity index (χ4v) is 2.14. The molecule has 2 nitrogen and oxygen atoms in total. The van der Waals surface area contributed by atoms with Gasteiger partial charge in [0.1, 0.15) is 0 Å². The normalized spacial score (nSPS) is 26.5. The van der Waals surface area contributed by atoms with Crippen LogP contribution in [0.1, 0.15) is 25.7 Å². The van der Waals surface area contributed by atoms with E-state index < -0.39 is 0 Å². The third-order valence-electron chi connectivity index (χ3n) is 3.18. The van der Waals surface area contributed by atoms with Crippen LogP contribution in [0, 0.1) is 5.92 Å². The Bertz CT molecular complexity index is 137.